The number of sulfonamides is 1. The molecule has 21 heavy (non-hydrogen) atoms. The number of H-pyrrole nitrogens is 1. The lowest BCUT2D eigenvalue weighted by atomic mass is 10.3. The van der Waals surface area contributed by atoms with E-state index in [1.807, 2.05) is 0 Å². The maximum absolute atomic E-state index is 12.5. The number of hydrogen-bond acceptors (Lipinski definition) is 5. The van der Waals surface area contributed by atoms with Crippen LogP contribution >= 0.6 is 15.9 Å². The Morgan fingerprint density at radius 1 is 1.48 bits per heavy atom. The highest BCUT2D eigenvalue weighted by molar-refractivity contribution is 9.10. The molecule has 1 heterocycles. The van der Waals surface area contributed by atoms with E-state index < -0.39 is 10.0 Å². The van der Waals surface area contributed by atoms with E-state index >= 15 is 0 Å². The minimum atomic E-state index is -3.77. The lowest BCUT2D eigenvalue weighted by molar-refractivity contribution is 0.412. The maximum atomic E-state index is 12.5. The highest BCUT2D eigenvalue weighted by Gasteiger charge is 2.24. The summed E-state index contributed by atoms with van der Waals surface area (Å²) in [7, 11) is -2.23. The summed E-state index contributed by atoms with van der Waals surface area (Å²) >= 11 is 3.31. The molecule has 114 valence electrons. The van der Waals surface area contributed by atoms with E-state index in [2.05, 4.69) is 30.8 Å². The number of aromatic nitrogens is 2. The summed E-state index contributed by atoms with van der Waals surface area (Å²) < 4.78 is 33.2. The highest BCUT2D eigenvalue weighted by atomic mass is 79.9. The Bertz CT molecular complexity index is 758. The van der Waals surface area contributed by atoms with Gasteiger partial charge in [0.2, 0.25) is 0 Å². The second-order valence-electron chi connectivity index (χ2n) is 4.28. The summed E-state index contributed by atoms with van der Waals surface area (Å²) in [5.41, 5.74) is 6.66. The zero-order chi connectivity index (χ0) is 15.6. The minimum absolute atomic E-state index is 0.0346. The summed E-state index contributed by atoms with van der Waals surface area (Å²) in [5.74, 6) is 0.611. The predicted octanol–water partition coefficient (Wildman–Crippen LogP) is 1.75. The predicted molar refractivity (Wildman–Crippen MR) is 82.7 cm³/mol. The van der Waals surface area contributed by atoms with Crippen molar-refractivity contribution in [1.29, 1.82) is 0 Å². The van der Waals surface area contributed by atoms with E-state index in [-0.39, 0.29) is 11.4 Å². The minimum Gasteiger partial charge on any atom is -0.496 e. The Labute approximate surface area is 131 Å². The first kappa shape index (κ1) is 15.8. The monoisotopic (exact) mass is 374 g/mol. The van der Waals surface area contributed by atoms with Crippen molar-refractivity contribution >= 4 is 31.6 Å². The highest BCUT2D eigenvalue weighted by Crippen LogP contribution is 2.29. The number of nitrogens with two attached hydrogens (primary N) is 1. The number of benzene rings is 1. The van der Waals surface area contributed by atoms with Crippen molar-refractivity contribution < 1.29 is 13.2 Å². The van der Waals surface area contributed by atoms with Crippen molar-refractivity contribution in [3.05, 3.63) is 34.1 Å². The summed E-state index contributed by atoms with van der Waals surface area (Å²) in [5, 5.41) is 6.52. The molecule has 0 amide bonds. The Morgan fingerprint density at radius 3 is 2.76 bits per heavy atom. The molecule has 7 nitrogen and oxygen atoms in total. The number of aromatic amines is 1. The average molecular weight is 375 g/mol. The molecule has 1 aromatic heterocycles. The third kappa shape index (κ3) is 3.20. The molecule has 0 saturated carbocycles. The molecule has 9 heteroatoms. The van der Waals surface area contributed by atoms with Gasteiger partial charge in [0.25, 0.3) is 10.0 Å². The van der Waals surface area contributed by atoms with Gasteiger partial charge in [-0.15, -0.1) is 0 Å². The van der Waals surface area contributed by atoms with Crippen molar-refractivity contribution in [2.75, 3.05) is 11.8 Å². The van der Waals surface area contributed by atoms with Gasteiger partial charge in [0.15, 0.2) is 0 Å². The summed E-state index contributed by atoms with van der Waals surface area (Å²) in [4.78, 5) is 0.0805. The van der Waals surface area contributed by atoms with Crippen molar-refractivity contribution in [1.82, 2.24) is 10.2 Å². The normalized spacial score (nSPS) is 11.4. The van der Waals surface area contributed by atoms with Gasteiger partial charge in [-0.1, -0.05) is 0 Å². The number of ether oxygens (including phenoxy) is 1. The molecule has 0 aliphatic rings. The number of halogens is 1. The first-order valence-corrected chi connectivity index (χ1v) is 8.27. The molecule has 2 rings (SSSR count). The van der Waals surface area contributed by atoms with Gasteiger partial charge in [-0.3, -0.25) is 9.82 Å². The van der Waals surface area contributed by atoms with Crippen LogP contribution in [0.5, 0.6) is 5.75 Å². The van der Waals surface area contributed by atoms with E-state index in [9.17, 15) is 8.42 Å². The van der Waals surface area contributed by atoms with Crippen LogP contribution in [0.2, 0.25) is 0 Å². The molecule has 0 radical (unpaired) electrons. The van der Waals surface area contributed by atoms with Crippen LogP contribution in [0.3, 0.4) is 0 Å². The lowest BCUT2D eigenvalue weighted by Crippen LogP contribution is -2.16. The topological polar surface area (TPSA) is 110 Å². The fourth-order valence-electron chi connectivity index (χ4n) is 1.90. The first-order chi connectivity index (χ1) is 9.89. The summed E-state index contributed by atoms with van der Waals surface area (Å²) in [6.45, 7) is 1.66. The molecule has 0 unspecified atom stereocenters. The Morgan fingerprint density at radius 2 is 2.19 bits per heavy atom. The van der Waals surface area contributed by atoms with Gasteiger partial charge in [0.1, 0.15) is 10.6 Å². The van der Waals surface area contributed by atoms with E-state index in [0.717, 1.165) is 0 Å². The zero-order valence-electron chi connectivity index (χ0n) is 11.5. The summed E-state index contributed by atoms with van der Waals surface area (Å²) in [6, 6.07) is 4.89. The maximum Gasteiger partial charge on any atom is 0.265 e. The molecule has 2 aromatic rings. The number of methoxy groups -OCH3 is 1. The molecular formula is C12H15BrN4O3S. The average Bonchev–Trinajstić information content (AvgIpc) is 2.80. The summed E-state index contributed by atoms with van der Waals surface area (Å²) in [6.07, 6.45) is 0. The van der Waals surface area contributed by atoms with Gasteiger partial charge >= 0.3 is 0 Å². The van der Waals surface area contributed by atoms with E-state index in [0.29, 0.717) is 27.3 Å². The largest absolute Gasteiger partial charge is 0.496 e. The molecule has 0 bridgehead atoms. The van der Waals surface area contributed by atoms with Crippen LogP contribution in [0.4, 0.5) is 5.69 Å². The fourth-order valence-corrected chi connectivity index (χ4v) is 3.87. The zero-order valence-corrected chi connectivity index (χ0v) is 13.9. The number of aryl methyl sites for hydroxylation is 1. The molecule has 0 aliphatic carbocycles. The van der Waals surface area contributed by atoms with Crippen LogP contribution in [0.15, 0.2) is 27.6 Å². The molecule has 0 fully saturated rings. The molecule has 0 spiro atoms. The Kier molecular flexibility index (Phi) is 4.55. The molecule has 0 atom stereocenters. The Balaban J connectivity index is 2.37. The third-order valence-electron chi connectivity index (χ3n) is 2.83. The first-order valence-electron chi connectivity index (χ1n) is 5.99. The quantitative estimate of drug-likeness (QED) is 0.738. The van der Waals surface area contributed by atoms with Crippen molar-refractivity contribution in [3.63, 3.8) is 0 Å². The van der Waals surface area contributed by atoms with Gasteiger partial charge in [-0.05, 0) is 41.1 Å². The number of rotatable bonds is 5. The molecule has 4 N–H and O–H groups in total. The molecule has 1 aromatic carbocycles. The van der Waals surface area contributed by atoms with Crippen molar-refractivity contribution in [3.8, 4) is 5.75 Å². The lowest BCUT2D eigenvalue weighted by Gasteiger charge is -2.10. The fraction of sp³-hybridized carbons (Fsp3) is 0.250. The standard InChI is InChI=1S/C12H15BrN4O3S/c1-7-12(10(6-14)16-15-7)21(18,19)17-8-3-4-11(20-2)9(13)5-8/h3-5,17H,6,14H2,1-2H3,(H,15,16). The second kappa shape index (κ2) is 6.04. The van der Waals surface area contributed by atoms with Crippen LogP contribution in [-0.4, -0.2) is 25.7 Å². The van der Waals surface area contributed by atoms with Crippen LogP contribution < -0.4 is 15.2 Å². The second-order valence-corrected chi connectivity index (χ2v) is 6.76. The van der Waals surface area contributed by atoms with E-state index in [1.165, 1.54) is 7.11 Å². The van der Waals surface area contributed by atoms with E-state index in [4.69, 9.17) is 10.5 Å². The number of hydrogen-bond donors (Lipinski definition) is 3. The van der Waals surface area contributed by atoms with Crippen LogP contribution in [0, 0.1) is 6.92 Å². The van der Waals surface area contributed by atoms with E-state index in [1.54, 1.807) is 25.1 Å². The van der Waals surface area contributed by atoms with Gasteiger partial charge in [0.05, 0.1) is 28.7 Å². The van der Waals surface area contributed by atoms with Crippen LogP contribution in [0.25, 0.3) is 0 Å². The molecule has 0 aliphatic heterocycles. The Hall–Kier alpha value is -1.58. The van der Waals surface area contributed by atoms with Crippen molar-refractivity contribution in [2.45, 2.75) is 18.4 Å². The van der Waals surface area contributed by atoms with Gasteiger partial charge in [-0.2, -0.15) is 5.10 Å². The van der Waals surface area contributed by atoms with Gasteiger partial charge < -0.3 is 10.5 Å². The molecule has 0 saturated heterocycles. The van der Waals surface area contributed by atoms with Gasteiger partial charge in [0, 0.05) is 6.54 Å². The number of nitrogens with zero attached hydrogens (tertiary/aromatic N) is 1. The SMILES string of the molecule is COc1ccc(NS(=O)(=O)c2c(CN)n[nH]c2C)cc1Br. The van der Waals surface area contributed by atoms with Crippen LogP contribution in [0.1, 0.15) is 11.4 Å². The number of anilines is 1. The smallest absolute Gasteiger partial charge is 0.265 e. The van der Waals surface area contributed by atoms with Gasteiger partial charge in [-0.25, -0.2) is 8.42 Å². The number of nitrogens with one attached hydrogen (secondary N) is 2. The van der Waals surface area contributed by atoms with Crippen molar-refractivity contribution in [2.24, 2.45) is 5.73 Å². The van der Waals surface area contributed by atoms with Crippen LogP contribution in [-0.2, 0) is 16.6 Å². The third-order valence-corrected chi connectivity index (χ3v) is 5.03. The molecular weight excluding hydrogens is 360 g/mol.